The van der Waals surface area contributed by atoms with Crippen LogP contribution in [0.25, 0.3) is 11.0 Å². The summed E-state index contributed by atoms with van der Waals surface area (Å²) in [6.45, 7) is 6.51. The number of nitrogens with zero attached hydrogens (tertiary/aromatic N) is 4. The van der Waals surface area contributed by atoms with E-state index in [1.807, 2.05) is 25.1 Å². The first kappa shape index (κ1) is 15.5. The topological polar surface area (TPSA) is 52.5 Å². The van der Waals surface area contributed by atoms with Gasteiger partial charge in [-0.15, -0.1) is 0 Å². The average Bonchev–Trinajstić information content (AvgIpc) is 2.55. The van der Waals surface area contributed by atoms with Crippen molar-refractivity contribution in [2.75, 3.05) is 37.6 Å². The van der Waals surface area contributed by atoms with E-state index in [1.54, 1.807) is 6.20 Å². The Morgan fingerprint density at radius 1 is 1.27 bits per heavy atom. The van der Waals surface area contributed by atoms with Gasteiger partial charge in [-0.3, -0.25) is 4.90 Å². The molecular formula is C16H21ClN4O. The van der Waals surface area contributed by atoms with Crippen LogP contribution < -0.4 is 4.90 Å². The van der Waals surface area contributed by atoms with Crippen LogP contribution in [0.1, 0.15) is 13.3 Å². The van der Waals surface area contributed by atoms with Crippen LogP contribution in [-0.2, 0) is 0 Å². The zero-order valence-corrected chi connectivity index (χ0v) is 13.5. The summed E-state index contributed by atoms with van der Waals surface area (Å²) in [6.07, 6.45) is 2.21. The predicted molar refractivity (Wildman–Crippen MR) is 89.5 cm³/mol. The number of aromatic nitrogens is 2. The van der Waals surface area contributed by atoms with Gasteiger partial charge in [-0.1, -0.05) is 18.5 Å². The van der Waals surface area contributed by atoms with Gasteiger partial charge in [0.25, 0.3) is 0 Å². The molecule has 1 aliphatic rings. The molecule has 0 spiro atoms. The van der Waals surface area contributed by atoms with Gasteiger partial charge in [-0.25, -0.2) is 9.97 Å². The lowest BCUT2D eigenvalue weighted by Gasteiger charge is -2.36. The maximum absolute atomic E-state index is 9.75. The highest BCUT2D eigenvalue weighted by Crippen LogP contribution is 2.20. The SMILES string of the molecule is CCC(O)CN1CCN(c2ccc3cc(Cl)cnc3n2)CC1. The molecule has 6 heteroatoms. The third kappa shape index (κ3) is 3.48. The van der Waals surface area contributed by atoms with Crippen LogP contribution in [0.2, 0.25) is 5.02 Å². The van der Waals surface area contributed by atoms with Gasteiger partial charge in [0, 0.05) is 44.3 Å². The molecule has 2 aromatic heterocycles. The Kier molecular flexibility index (Phi) is 4.76. The van der Waals surface area contributed by atoms with E-state index in [1.165, 1.54) is 0 Å². The summed E-state index contributed by atoms with van der Waals surface area (Å²) >= 11 is 5.95. The minimum absolute atomic E-state index is 0.223. The highest BCUT2D eigenvalue weighted by molar-refractivity contribution is 6.31. The molecule has 1 saturated heterocycles. The Balaban J connectivity index is 1.67. The highest BCUT2D eigenvalue weighted by atomic mass is 35.5. The molecule has 0 saturated carbocycles. The largest absolute Gasteiger partial charge is 0.392 e. The van der Waals surface area contributed by atoms with Crippen LogP contribution in [0.5, 0.6) is 0 Å². The van der Waals surface area contributed by atoms with Crippen LogP contribution in [0, 0.1) is 0 Å². The zero-order valence-electron chi connectivity index (χ0n) is 12.7. The summed E-state index contributed by atoms with van der Waals surface area (Å²) < 4.78 is 0. The van der Waals surface area contributed by atoms with E-state index in [2.05, 4.69) is 19.8 Å². The van der Waals surface area contributed by atoms with Crippen molar-refractivity contribution in [3.63, 3.8) is 0 Å². The van der Waals surface area contributed by atoms with Gasteiger partial charge in [0.1, 0.15) is 5.82 Å². The molecular weight excluding hydrogens is 300 g/mol. The van der Waals surface area contributed by atoms with Crippen molar-refractivity contribution in [2.24, 2.45) is 0 Å². The number of anilines is 1. The first-order chi connectivity index (χ1) is 10.7. The number of hydrogen-bond acceptors (Lipinski definition) is 5. The van der Waals surface area contributed by atoms with Crippen LogP contribution in [0.15, 0.2) is 24.4 Å². The molecule has 1 fully saturated rings. The van der Waals surface area contributed by atoms with Crippen molar-refractivity contribution < 1.29 is 5.11 Å². The molecule has 3 rings (SSSR count). The second-order valence-electron chi connectivity index (χ2n) is 5.72. The fraction of sp³-hybridized carbons (Fsp3) is 0.500. The third-order valence-corrected chi connectivity index (χ3v) is 4.34. The molecule has 0 aromatic carbocycles. The monoisotopic (exact) mass is 320 g/mol. The average molecular weight is 321 g/mol. The Morgan fingerprint density at radius 2 is 2.05 bits per heavy atom. The molecule has 22 heavy (non-hydrogen) atoms. The van der Waals surface area contributed by atoms with Crippen LogP contribution >= 0.6 is 11.6 Å². The molecule has 1 N–H and O–H groups in total. The van der Waals surface area contributed by atoms with Gasteiger partial charge in [-0.2, -0.15) is 0 Å². The maximum atomic E-state index is 9.75. The Bertz CT molecular complexity index is 643. The molecule has 1 unspecified atom stereocenters. The Morgan fingerprint density at radius 3 is 2.77 bits per heavy atom. The minimum Gasteiger partial charge on any atom is -0.392 e. The van der Waals surface area contributed by atoms with Gasteiger partial charge >= 0.3 is 0 Å². The van der Waals surface area contributed by atoms with E-state index < -0.39 is 0 Å². The number of halogens is 1. The van der Waals surface area contributed by atoms with Crippen molar-refractivity contribution in [1.82, 2.24) is 14.9 Å². The first-order valence-electron chi connectivity index (χ1n) is 7.73. The molecule has 5 nitrogen and oxygen atoms in total. The van der Waals surface area contributed by atoms with Gasteiger partial charge < -0.3 is 10.0 Å². The lowest BCUT2D eigenvalue weighted by molar-refractivity contribution is 0.106. The molecule has 2 aromatic rings. The summed E-state index contributed by atoms with van der Waals surface area (Å²) in [5.41, 5.74) is 0.728. The minimum atomic E-state index is -0.223. The van der Waals surface area contributed by atoms with Crippen molar-refractivity contribution in [2.45, 2.75) is 19.4 Å². The van der Waals surface area contributed by atoms with E-state index >= 15 is 0 Å². The quantitative estimate of drug-likeness (QED) is 0.935. The second-order valence-corrected chi connectivity index (χ2v) is 6.16. The molecule has 1 aliphatic heterocycles. The number of fused-ring (bicyclic) bond motifs is 1. The van der Waals surface area contributed by atoms with Crippen molar-refractivity contribution in [3.05, 3.63) is 29.4 Å². The summed E-state index contributed by atoms with van der Waals surface area (Å²) in [5, 5.41) is 11.3. The summed E-state index contributed by atoms with van der Waals surface area (Å²) in [7, 11) is 0. The van der Waals surface area contributed by atoms with Crippen molar-refractivity contribution in [3.8, 4) is 0 Å². The Labute approximate surface area is 135 Å². The number of rotatable bonds is 4. The fourth-order valence-corrected chi connectivity index (χ4v) is 2.90. The van der Waals surface area contributed by atoms with E-state index in [9.17, 15) is 5.11 Å². The molecule has 1 atom stereocenters. The smallest absolute Gasteiger partial charge is 0.161 e. The number of aliphatic hydroxyl groups is 1. The molecule has 118 valence electrons. The summed E-state index contributed by atoms with van der Waals surface area (Å²) in [6, 6.07) is 5.92. The van der Waals surface area contributed by atoms with E-state index in [0.717, 1.165) is 56.0 Å². The van der Waals surface area contributed by atoms with E-state index in [0.29, 0.717) is 5.02 Å². The summed E-state index contributed by atoms with van der Waals surface area (Å²) in [4.78, 5) is 13.5. The third-order valence-electron chi connectivity index (χ3n) is 4.13. The lowest BCUT2D eigenvalue weighted by atomic mass is 10.2. The molecule has 0 amide bonds. The maximum Gasteiger partial charge on any atom is 0.161 e. The van der Waals surface area contributed by atoms with Crippen LogP contribution in [0.4, 0.5) is 5.82 Å². The van der Waals surface area contributed by atoms with Gasteiger partial charge in [0.05, 0.1) is 11.1 Å². The zero-order chi connectivity index (χ0) is 15.5. The molecule has 0 aliphatic carbocycles. The first-order valence-corrected chi connectivity index (χ1v) is 8.11. The number of piperazine rings is 1. The van der Waals surface area contributed by atoms with Crippen LogP contribution in [-0.4, -0.2) is 58.8 Å². The lowest BCUT2D eigenvalue weighted by Crippen LogP contribution is -2.48. The molecule has 3 heterocycles. The fourth-order valence-electron chi connectivity index (χ4n) is 2.74. The summed E-state index contributed by atoms with van der Waals surface area (Å²) in [5.74, 6) is 0.956. The second kappa shape index (κ2) is 6.77. The molecule has 0 radical (unpaired) electrons. The van der Waals surface area contributed by atoms with E-state index in [4.69, 9.17) is 11.6 Å². The Hall–Kier alpha value is -1.43. The number of β-amino-alcohol motifs (C(OH)–C–C–N with tert-alkyl or cyclic N) is 1. The molecule has 0 bridgehead atoms. The van der Waals surface area contributed by atoms with Crippen LogP contribution in [0.3, 0.4) is 0 Å². The normalized spacial score (nSPS) is 17.9. The highest BCUT2D eigenvalue weighted by Gasteiger charge is 2.19. The standard InChI is InChI=1S/C16H21ClN4O/c1-2-14(22)11-20-5-7-21(8-6-20)15-4-3-12-9-13(17)10-18-16(12)19-15/h3-4,9-10,14,22H,2,5-8,11H2,1H3. The van der Waals surface area contributed by atoms with E-state index in [-0.39, 0.29) is 6.10 Å². The van der Waals surface area contributed by atoms with Gasteiger partial charge in [-0.05, 0) is 24.6 Å². The number of hydrogen-bond donors (Lipinski definition) is 1. The van der Waals surface area contributed by atoms with Crippen molar-refractivity contribution in [1.29, 1.82) is 0 Å². The van der Waals surface area contributed by atoms with Crippen molar-refractivity contribution >= 4 is 28.5 Å². The number of aliphatic hydroxyl groups excluding tert-OH is 1. The van der Waals surface area contributed by atoms with Gasteiger partial charge in [0.2, 0.25) is 0 Å². The number of pyridine rings is 2. The predicted octanol–water partition coefficient (Wildman–Crippen LogP) is 2.18. The van der Waals surface area contributed by atoms with Gasteiger partial charge in [0.15, 0.2) is 5.65 Å².